The van der Waals surface area contributed by atoms with Gasteiger partial charge in [-0.15, -0.1) is 0 Å². The number of nitrogens with one attached hydrogen (secondary N) is 1. The van der Waals surface area contributed by atoms with Gasteiger partial charge in [-0.2, -0.15) is 0 Å². The lowest BCUT2D eigenvalue weighted by Crippen LogP contribution is -2.38. The van der Waals surface area contributed by atoms with Crippen molar-refractivity contribution in [3.05, 3.63) is 54.1 Å². The molecule has 1 heterocycles. The van der Waals surface area contributed by atoms with Crippen molar-refractivity contribution in [3.8, 4) is 16.9 Å². The molecule has 30 heavy (non-hydrogen) atoms. The zero-order valence-corrected chi connectivity index (χ0v) is 17.1. The average Bonchev–Trinajstić information content (AvgIpc) is 3.04. The highest BCUT2D eigenvalue weighted by atomic mass is 32.2. The highest BCUT2D eigenvalue weighted by Crippen LogP contribution is 2.23. The number of carbonyl (C=O) groups excluding carboxylic acids is 3. The van der Waals surface area contributed by atoms with Crippen LogP contribution in [0.3, 0.4) is 0 Å². The third kappa shape index (κ3) is 5.90. The number of sulfone groups is 1. The van der Waals surface area contributed by atoms with E-state index in [4.69, 9.17) is 9.47 Å². The van der Waals surface area contributed by atoms with Crippen LogP contribution >= 0.6 is 0 Å². The summed E-state index contributed by atoms with van der Waals surface area (Å²) in [4.78, 5) is 35.0. The van der Waals surface area contributed by atoms with E-state index in [0.717, 1.165) is 11.1 Å². The summed E-state index contributed by atoms with van der Waals surface area (Å²) in [6.45, 7) is 0.850. The van der Waals surface area contributed by atoms with Crippen LogP contribution in [0.5, 0.6) is 5.75 Å². The van der Waals surface area contributed by atoms with Gasteiger partial charge >= 0.3 is 11.9 Å². The number of hydrogen-bond donors (Lipinski definition) is 1. The van der Waals surface area contributed by atoms with Crippen molar-refractivity contribution < 1.29 is 32.3 Å². The molecule has 1 saturated heterocycles. The molecule has 1 atom stereocenters. The van der Waals surface area contributed by atoms with Crippen molar-refractivity contribution in [2.75, 3.05) is 18.1 Å². The number of amides is 1. The van der Waals surface area contributed by atoms with E-state index < -0.39 is 40.3 Å². The van der Waals surface area contributed by atoms with Gasteiger partial charge in [0, 0.05) is 13.0 Å². The van der Waals surface area contributed by atoms with Crippen molar-refractivity contribution in [2.24, 2.45) is 0 Å². The van der Waals surface area contributed by atoms with E-state index in [1.807, 2.05) is 0 Å². The molecule has 8 nitrogen and oxygen atoms in total. The fourth-order valence-corrected chi connectivity index (χ4v) is 4.75. The fraction of sp³-hybridized carbons (Fsp3) is 0.286. The van der Waals surface area contributed by atoms with Gasteiger partial charge in [0.2, 0.25) is 0 Å². The van der Waals surface area contributed by atoms with Crippen LogP contribution in [0.15, 0.2) is 48.5 Å². The molecule has 1 fully saturated rings. The Bertz CT molecular complexity index is 1040. The van der Waals surface area contributed by atoms with E-state index in [1.54, 1.807) is 48.5 Å². The van der Waals surface area contributed by atoms with Gasteiger partial charge in [-0.3, -0.25) is 9.59 Å². The average molecular weight is 431 g/mol. The van der Waals surface area contributed by atoms with Gasteiger partial charge in [0.1, 0.15) is 5.75 Å². The molecule has 3 rings (SSSR count). The quantitative estimate of drug-likeness (QED) is 0.547. The van der Waals surface area contributed by atoms with Gasteiger partial charge in [-0.1, -0.05) is 24.3 Å². The lowest BCUT2D eigenvalue weighted by molar-refractivity contribution is -0.131. The van der Waals surface area contributed by atoms with Crippen LogP contribution in [-0.2, 0) is 24.2 Å². The first kappa shape index (κ1) is 21.5. The summed E-state index contributed by atoms with van der Waals surface area (Å²) < 4.78 is 32.8. The summed E-state index contributed by atoms with van der Waals surface area (Å²) in [5, 5.41) is 2.56. The minimum atomic E-state index is -3.09. The summed E-state index contributed by atoms with van der Waals surface area (Å²) in [7, 11) is -3.09. The molecule has 0 radical (unpaired) electrons. The largest absolute Gasteiger partial charge is 0.452 e. The Kier molecular flexibility index (Phi) is 6.51. The third-order valence-corrected chi connectivity index (χ3v) is 6.27. The number of carbonyl (C=O) groups is 3. The number of rotatable bonds is 6. The summed E-state index contributed by atoms with van der Waals surface area (Å²) in [5.74, 6) is -1.17. The summed E-state index contributed by atoms with van der Waals surface area (Å²) in [6, 6.07) is 13.1. The standard InChI is InChI=1S/C21H21NO7S/c1-14(23)29-19-8-6-16(7-9-19)15-2-4-17(5-3-15)21(25)28-12-20(24)22-18-10-11-30(26,27)13-18/h2-9,18H,10-13H2,1H3,(H,22,24). The van der Waals surface area contributed by atoms with Gasteiger partial charge in [-0.05, 0) is 41.8 Å². The second-order valence-corrected chi connectivity index (χ2v) is 9.17. The molecule has 0 bridgehead atoms. The predicted octanol–water partition coefficient (Wildman–Crippen LogP) is 1.74. The van der Waals surface area contributed by atoms with Gasteiger partial charge in [0.15, 0.2) is 16.4 Å². The zero-order valence-electron chi connectivity index (χ0n) is 16.3. The van der Waals surface area contributed by atoms with Crippen LogP contribution in [0.4, 0.5) is 0 Å². The molecule has 1 N–H and O–H groups in total. The van der Waals surface area contributed by atoms with Crippen molar-refractivity contribution in [3.63, 3.8) is 0 Å². The minimum Gasteiger partial charge on any atom is -0.452 e. The second-order valence-electron chi connectivity index (χ2n) is 6.94. The molecular formula is C21H21NO7S. The monoisotopic (exact) mass is 431 g/mol. The highest BCUT2D eigenvalue weighted by molar-refractivity contribution is 7.91. The molecule has 1 unspecified atom stereocenters. The van der Waals surface area contributed by atoms with Crippen molar-refractivity contribution in [1.29, 1.82) is 0 Å². The summed E-state index contributed by atoms with van der Waals surface area (Å²) in [6.07, 6.45) is 0.366. The SMILES string of the molecule is CC(=O)Oc1ccc(-c2ccc(C(=O)OCC(=O)NC3CCS(=O)(=O)C3)cc2)cc1. The maximum atomic E-state index is 12.1. The topological polar surface area (TPSA) is 116 Å². The number of benzene rings is 2. The van der Waals surface area contributed by atoms with E-state index in [-0.39, 0.29) is 17.1 Å². The highest BCUT2D eigenvalue weighted by Gasteiger charge is 2.29. The van der Waals surface area contributed by atoms with E-state index in [2.05, 4.69) is 5.32 Å². The molecule has 2 aromatic carbocycles. The maximum Gasteiger partial charge on any atom is 0.338 e. The molecule has 1 amide bonds. The lowest BCUT2D eigenvalue weighted by atomic mass is 10.0. The Balaban J connectivity index is 1.52. The van der Waals surface area contributed by atoms with Gasteiger partial charge in [0.05, 0.1) is 17.1 Å². The Hall–Kier alpha value is -3.20. The number of esters is 2. The molecule has 0 saturated carbocycles. The minimum absolute atomic E-state index is 0.0521. The van der Waals surface area contributed by atoms with E-state index >= 15 is 0 Å². The van der Waals surface area contributed by atoms with E-state index in [1.165, 1.54) is 6.92 Å². The van der Waals surface area contributed by atoms with Crippen molar-refractivity contribution >= 4 is 27.7 Å². The van der Waals surface area contributed by atoms with Crippen LogP contribution < -0.4 is 10.1 Å². The first-order chi connectivity index (χ1) is 14.2. The van der Waals surface area contributed by atoms with Gasteiger partial charge in [0.25, 0.3) is 5.91 Å². The van der Waals surface area contributed by atoms with Crippen LogP contribution in [0.2, 0.25) is 0 Å². The first-order valence-electron chi connectivity index (χ1n) is 9.28. The molecule has 2 aromatic rings. The Morgan fingerprint density at radius 1 is 1.00 bits per heavy atom. The molecule has 0 aromatic heterocycles. The number of ether oxygens (including phenoxy) is 2. The van der Waals surface area contributed by atoms with Crippen LogP contribution in [-0.4, -0.2) is 50.4 Å². The van der Waals surface area contributed by atoms with Crippen molar-refractivity contribution in [1.82, 2.24) is 5.32 Å². The molecule has 0 aliphatic carbocycles. The van der Waals surface area contributed by atoms with Gasteiger partial charge < -0.3 is 14.8 Å². The molecule has 158 valence electrons. The Morgan fingerprint density at radius 3 is 2.13 bits per heavy atom. The Morgan fingerprint density at radius 2 is 1.60 bits per heavy atom. The molecular weight excluding hydrogens is 410 g/mol. The molecule has 9 heteroatoms. The zero-order chi connectivity index (χ0) is 21.7. The normalized spacial score (nSPS) is 17.2. The van der Waals surface area contributed by atoms with E-state index in [0.29, 0.717) is 12.2 Å². The number of hydrogen-bond acceptors (Lipinski definition) is 7. The third-order valence-electron chi connectivity index (χ3n) is 4.50. The lowest BCUT2D eigenvalue weighted by Gasteiger charge is -2.11. The fourth-order valence-electron chi connectivity index (χ4n) is 3.07. The maximum absolute atomic E-state index is 12.1. The van der Waals surface area contributed by atoms with Crippen LogP contribution in [0.1, 0.15) is 23.7 Å². The van der Waals surface area contributed by atoms with Crippen LogP contribution in [0.25, 0.3) is 11.1 Å². The summed E-state index contributed by atoms with van der Waals surface area (Å²) in [5.41, 5.74) is 2.00. The predicted molar refractivity (Wildman–Crippen MR) is 109 cm³/mol. The van der Waals surface area contributed by atoms with E-state index in [9.17, 15) is 22.8 Å². The first-order valence-corrected chi connectivity index (χ1v) is 11.1. The molecule has 1 aliphatic heterocycles. The van der Waals surface area contributed by atoms with Crippen molar-refractivity contribution in [2.45, 2.75) is 19.4 Å². The molecule has 1 aliphatic rings. The molecule has 0 spiro atoms. The van der Waals surface area contributed by atoms with Crippen LogP contribution in [0, 0.1) is 0 Å². The smallest absolute Gasteiger partial charge is 0.338 e. The Labute approximate surface area is 174 Å². The second kappa shape index (κ2) is 9.08. The van der Waals surface area contributed by atoms with Gasteiger partial charge in [-0.25, -0.2) is 13.2 Å². The summed E-state index contributed by atoms with van der Waals surface area (Å²) >= 11 is 0.